The van der Waals surface area contributed by atoms with E-state index in [1.807, 2.05) is 0 Å². The van der Waals surface area contributed by atoms with Gasteiger partial charge in [-0.25, -0.2) is 0 Å². The van der Waals surface area contributed by atoms with E-state index in [4.69, 9.17) is 14.0 Å². The molecular formula is C9H21BO3. The molecule has 0 heterocycles. The SMILES string of the molecule is CCCOB(OCCC)OCCC. The van der Waals surface area contributed by atoms with Gasteiger partial charge in [0, 0.05) is 19.8 Å². The molecule has 3 nitrogen and oxygen atoms in total. The fraction of sp³-hybridized carbons (Fsp3) is 1.00. The van der Waals surface area contributed by atoms with Crippen molar-refractivity contribution in [3.8, 4) is 0 Å². The maximum absolute atomic E-state index is 5.35. The molecule has 4 heteroatoms. The second kappa shape index (κ2) is 10.0. The molecule has 0 atom stereocenters. The molecule has 78 valence electrons. The summed E-state index contributed by atoms with van der Waals surface area (Å²) in [6.45, 7) is 8.28. The Bertz CT molecular complexity index is 81.8. The van der Waals surface area contributed by atoms with E-state index < -0.39 is 7.32 Å². The summed E-state index contributed by atoms with van der Waals surface area (Å²) in [6.07, 6.45) is 2.96. The number of hydrogen-bond donors (Lipinski definition) is 0. The summed E-state index contributed by atoms with van der Waals surface area (Å²) in [5, 5.41) is 0. The van der Waals surface area contributed by atoms with Crippen LogP contribution in [0, 0.1) is 0 Å². The van der Waals surface area contributed by atoms with Crippen LogP contribution >= 0.6 is 0 Å². The summed E-state index contributed by atoms with van der Waals surface area (Å²) in [4.78, 5) is 0. The average molecular weight is 188 g/mol. The summed E-state index contributed by atoms with van der Waals surface area (Å²) >= 11 is 0. The van der Waals surface area contributed by atoms with E-state index in [9.17, 15) is 0 Å². The predicted molar refractivity (Wildman–Crippen MR) is 54.5 cm³/mol. The second-order valence-corrected chi connectivity index (χ2v) is 2.90. The minimum absolute atomic E-state index is 0.458. The van der Waals surface area contributed by atoms with E-state index in [1.54, 1.807) is 0 Å². The molecular weight excluding hydrogens is 167 g/mol. The third-order valence-electron chi connectivity index (χ3n) is 1.37. The van der Waals surface area contributed by atoms with Crippen LogP contribution in [0.15, 0.2) is 0 Å². The summed E-state index contributed by atoms with van der Waals surface area (Å²) in [5.74, 6) is 0. The monoisotopic (exact) mass is 188 g/mol. The van der Waals surface area contributed by atoms with E-state index in [2.05, 4.69) is 20.8 Å². The average Bonchev–Trinajstić information content (AvgIpc) is 2.17. The molecule has 0 unspecified atom stereocenters. The Kier molecular flexibility index (Phi) is 9.99. The van der Waals surface area contributed by atoms with Crippen molar-refractivity contribution >= 4 is 7.32 Å². The van der Waals surface area contributed by atoms with Crippen LogP contribution in [0.4, 0.5) is 0 Å². The Morgan fingerprint density at radius 1 is 0.692 bits per heavy atom. The van der Waals surface area contributed by atoms with Gasteiger partial charge < -0.3 is 14.0 Å². The van der Waals surface area contributed by atoms with Crippen LogP contribution in [0.1, 0.15) is 40.0 Å². The molecule has 0 aliphatic heterocycles. The molecule has 0 aromatic carbocycles. The molecule has 0 N–H and O–H groups in total. The van der Waals surface area contributed by atoms with Crippen molar-refractivity contribution < 1.29 is 14.0 Å². The van der Waals surface area contributed by atoms with E-state index in [-0.39, 0.29) is 0 Å². The molecule has 0 aromatic rings. The Balaban J connectivity index is 3.47. The number of rotatable bonds is 9. The van der Waals surface area contributed by atoms with E-state index in [0.29, 0.717) is 19.8 Å². The van der Waals surface area contributed by atoms with Gasteiger partial charge in [-0.1, -0.05) is 20.8 Å². The van der Waals surface area contributed by atoms with Gasteiger partial charge in [-0.15, -0.1) is 0 Å². The minimum Gasteiger partial charge on any atom is -0.386 e. The van der Waals surface area contributed by atoms with Gasteiger partial charge in [-0.3, -0.25) is 0 Å². The fourth-order valence-corrected chi connectivity index (χ4v) is 0.787. The van der Waals surface area contributed by atoms with Crippen molar-refractivity contribution in [3.05, 3.63) is 0 Å². The first-order valence-electron chi connectivity index (χ1n) is 5.19. The van der Waals surface area contributed by atoms with Crippen LogP contribution in [-0.4, -0.2) is 27.1 Å². The van der Waals surface area contributed by atoms with Gasteiger partial charge in [0.15, 0.2) is 0 Å². The molecule has 0 rings (SSSR count). The summed E-state index contributed by atoms with van der Waals surface area (Å²) in [7, 11) is -0.458. The van der Waals surface area contributed by atoms with Crippen molar-refractivity contribution in [2.24, 2.45) is 0 Å². The highest BCUT2D eigenvalue weighted by atomic mass is 16.7. The highest BCUT2D eigenvalue weighted by Crippen LogP contribution is 1.96. The Hall–Kier alpha value is -0.0551. The van der Waals surface area contributed by atoms with Crippen LogP contribution in [-0.2, 0) is 14.0 Å². The van der Waals surface area contributed by atoms with Crippen LogP contribution in [0.25, 0.3) is 0 Å². The molecule has 0 saturated heterocycles. The largest absolute Gasteiger partial charge is 0.639 e. The molecule has 0 bridgehead atoms. The first-order chi connectivity index (χ1) is 6.35. The zero-order valence-electron chi connectivity index (χ0n) is 9.04. The summed E-state index contributed by atoms with van der Waals surface area (Å²) < 4.78 is 16.1. The molecule has 0 aliphatic rings. The Morgan fingerprint density at radius 2 is 1.00 bits per heavy atom. The quantitative estimate of drug-likeness (QED) is 0.519. The van der Waals surface area contributed by atoms with Crippen LogP contribution in [0.5, 0.6) is 0 Å². The lowest BCUT2D eigenvalue weighted by Gasteiger charge is -2.12. The molecule has 0 spiro atoms. The van der Waals surface area contributed by atoms with E-state index in [1.165, 1.54) is 0 Å². The zero-order valence-corrected chi connectivity index (χ0v) is 9.04. The fourth-order valence-electron chi connectivity index (χ4n) is 0.787. The van der Waals surface area contributed by atoms with Gasteiger partial charge in [-0.05, 0) is 19.3 Å². The number of hydrogen-bond acceptors (Lipinski definition) is 3. The lowest BCUT2D eigenvalue weighted by Crippen LogP contribution is -2.28. The van der Waals surface area contributed by atoms with Crippen LogP contribution < -0.4 is 0 Å². The first kappa shape index (κ1) is 12.9. The van der Waals surface area contributed by atoms with Gasteiger partial charge in [0.2, 0.25) is 0 Å². The van der Waals surface area contributed by atoms with Crippen molar-refractivity contribution in [1.29, 1.82) is 0 Å². The van der Waals surface area contributed by atoms with E-state index in [0.717, 1.165) is 19.3 Å². The van der Waals surface area contributed by atoms with Crippen molar-refractivity contribution in [1.82, 2.24) is 0 Å². The minimum atomic E-state index is -0.458. The molecule has 0 amide bonds. The lowest BCUT2D eigenvalue weighted by atomic mass is 10.2. The highest BCUT2D eigenvalue weighted by molar-refractivity contribution is 6.36. The zero-order chi connectivity index (χ0) is 9.94. The van der Waals surface area contributed by atoms with Gasteiger partial charge in [0.25, 0.3) is 0 Å². The van der Waals surface area contributed by atoms with Crippen LogP contribution in [0.2, 0.25) is 0 Å². The summed E-state index contributed by atoms with van der Waals surface area (Å²) in [6, 6.07) is 0. The Morgan fingerprint density at radius 3 is 1.23 bits per heavy atom. The molecule has 0 fully saturated rings. The van der Waals surface area contributed by atoms with Crippen LogP contribution in [0.3, 0.4) is 0 Å². The molecule has 0 radical (unpaired) electrons. The topological polar surface area (TPSA) is 27.7 Å². The smallest absolute Gasteiger partial charge is 0.386 e. The molecule has 0 aromatic heterocycles. The molecule has 0 aliphatic carbocycles. The van der Waals surface area contributed by atoms with Crippen molar-refractivity contribution in [2.75, 3.05) is 19.8 Å². The maximum atomic E-state index is 5.35. The van der Waals surface area contributed by atoms with Crippen molar-refractivity contribution in [3.63, 3.8) is 0 Å². The summed E-state index contributed by atoms with van der Waals surface area (Å²) in [5.41, 5.74) is 0. The van der Waals surface area contributed by atoms with Crippen molar-refractivity contribution in [2.45, 2.75) is 40.0 Å². The standard InChI is InChI=1S/C9H21BO3/c1-4-7-11-10(12-8-5-2)13-9-6-3/h4-9H2,1-3H3. The maximum Gasteiger partial charge on any atom is 0.639 e. The Labute approximate surface area is 81.9 Å². The molecule has 0 saturated carbocycles. The second-order valence-electron chi connectivity index (χ2n) is 2.90. The van der Waals surface area contributed by atoms with Gasteiger partial charge in [-0.2, -0.15) is 0 Å². The predicted octanol–water partition coefficient (Wildman–Crippen LogP) is 2.25. The first-order valence-corrected chi connectivity index (χ1v) is 5.19. The lowest BCUT2D eigenvalue weighted by molar-refractivity contribution is 0.0933. The van der Waals surface area contributed by atoms with E-state index >= 15 is 0 Å². The van der Waals surface area contributed by atoms with Gasteiger partial charge in [0.05, 0.1) is 0 Å². The molecule has 13 heavy (non-hydrogen) atoms. The third kappa shape index (κ3) is 8.28. The highest BCUT2D eigenvalue weighted by Gasteiger charge is 2.19. The normalized spacial score (nSPS) is 10.4. The third-order valence-corrected chi connectivity index (χ3v) is 1.37. The van der Waals surface area contributed by atoms with Gasteiger partial charge in [0.1, 0.15) is 0 Å². The van der Waals surface area contributed by atoms with Gasteiger partial charge >= 0.3 is 7.32 Å².